The minimum atomic E-state index is 0.863. The van der Waals surface area contributed by atoms with Crippen LogP contribution in [-0.2, 0) is 0 Å². The predicted molar refractivity (Wildman–Crippen MR) is 263 cm³/mol. The van der Waals surface area contributed by atoms with Crippen molar-refractivity contribution in [3.8, 4) is 44.5 Å². The molecular formula is C60H39NO. The second-order valence-corrected chi connectivity index (χ2v) is 16.0. The summed E-state index contributed by atoms with van der Waals surface area (Å²) in [4.78, 5) is 2.34. The molecule has 0 unspecified atom stereocenters. The van der Waals surface area contributed by atoms with Gasteiger partial charge in [0, 0.05) is 39.3 Å². The Morgan fingerprint density at radius 1 is 0.258 bits per heavy atom. The fourth-order valence-corrected chi connectivity index (χ4v) is 9.52. The van der Waals surface area contributed by atoms with E-state index in [1.807, 2.05) is 0 Å². The first-order valence-corrected chi connectivity index (χ1v) is 21.2. The number of nitrogens with zero attached hydrogens (tertiary/aromatic N) is 1. The van der Waals surface area contributed by atoms with Crippen LogP contribution in [0.4, 0.5) is 17.1 Å². The van der Waals surface area contributed by atoms with Crippen molar-refractivity contribution in [2.24, 2.45) is 0 Å². The highest BCUT2D eigenvalue weighted by atomic mass is 16.3. The highest BCUT2D eigenvalue weighted by molar-refractivity contribution is 6.22. The highest BCUT2D eigenvalue weighted by Gasteiger charge is 2.20. The van der Waals surface area contributed by atoms with Gasteiger partial charge in [-0.05, 0) is 120 Å². The summed E-state index contributed by atoms with van der Waals surface area (Å²) >= 11 is 0. The zero-order chi connectivity index (χ0) is 41.0. The van der Waals surface area contributed by atoms with Crippen LogP contribution < -0.4 is 4.90 Å². The number of furan rings is 1. The van der Waals surface area contributed by atoms with E-state index in [4.69, 9.17) is 4.42 Å². The third-order valence-electron chi connectivity index (χ3n) is 12.4. The van der Waals surface area contributed by atoms with Crippen molar-refractivity contribution in [1.29, 1.82) is 0 Å². The van der Waals surface area contributed by atoms with Gasteiger partial charge in [-0.25, -0.2) is 0 Å². The maximum atomic E-state index is 6.71. The van der Waals surface area contributed by atoms with Gasteiger partial charge in [-0.1, -0.05) is 182 Å². The second-order valence-electron chi connectivity index (χ2n) is 16.0. The first-order chi connectivity index (χ1) is 30.7. The molecule has 0 aliphatic carbocycles. The molecule has 2 nitrogen and oxygen atoms in total. The van der Waals surface area contributed by atoms with Crippen molar-refractivity contribution in [2.75, 3.05) is 4.90 Å². The van der Waals surface area contributed by atoms with Gasteiger partial charge in [0.15, 0.2) is 0 Å². The van der Waals surface area contributed by atoms with Gasteiger partial charge in [-0.15, -0.1) is 0 Å². The Kier molecular flexibility index (Phi) is 8.53. The van der Waals surface area contributed by atoms with Crippen molar-refractivity contribution in [2.45, 2.75) is 0 Å². The molecule has 1 aromatic heterocycles. The Hall–Kier alpha value is -8.20. The number of benzene rings is 11. The number of fused-ring (bicyclic) bond motifs is 8. The van der Waals surface area contributed by atoms with Crippen molar-refractivity contribution in [1.82, 2.24) is 0 Å². The summed E-state index contributed by atoms with van der Waals surface area (Å²) in [5.74, 6) is 0. The number of hydrogen-bond donors (Lipinski definition) is 0. The van der Waals surface area contributed by atoms with Crippen LogP contribution in [0.3, 0.4) is 0 Å². The smallest absolute Gasteiger partial charge is 0.143 e. The van der Waals surface area contributed by atoms with Crippen LogP contribution >= 0.6 is 0 Å². The summed E-state index contributed by atoms with van der Waals surface area (Å²) in [6, 6.07) is 85.4. The average molecular weight is 790 g/mol. The van der Waals surface area contributed by atoms with Gasteiger partial charge >= 0.3 is 0 Å². The fourth-order valence-electron chi connectivity index (χ4n) is 9.52. The third kappa shape index (κ3) is 6.04. The normalized spacial score (nSPS) is 11.5. The van der Waals surface area contributed by atoms with E-state index in [-0.39, 0.29) is 0 Å². The summed E-state index contributed by atoms with van der Waals surface area (Å²) < 4.78 is 6.71. The molecular weight excluding hydrogens is 751 g/mol. The van der Waals surface area contributed by atoms with E-state index in [1.165, 1.54) is 60.3 Å². The zero-order valence-corrected chi connectivity index (χ0v) is 33.9. The Bertz CT molecular complexity index is 3610. The minimum Gasteiger partial charge on any atom is -0.455 e. The summed E-state index contributed by atoms with van der Waals surface area (Å²) in [7, 11) is 0. The largest absolute Gasteiger partial charge is 0.455 e. The lowest BCUT2D eigenvalue weighted by molar-refractivity contribution is 0.672. The van der Waals surface area contributed by atoms with Crippen molar-refractivity contribution in [3.63, 3.8) is 0 Å². The standard InChI is InChI=1S/C60H39NO/c1-4-15-40(16-5-1)45-22-14-23-48(37-45)61(49-33-36-53-55-35-29-42-17-10-11-24-50(42)60(55)62-57(53)39-49)47-31-27-41(28-32-47)46-30-34-52-51-25-12-13-26-54(51)58(43-18-6-2-7-19-43)59(56(52)38-46)44-20-8-3-9-21-44/h1-39H. The summed E-state index contributed by atoms with van der Waals surface area (Å²) in [6.45, 7) is 0. The molecule has 290 valence electrons. The van der Waals surface area contributed by atoms with Gasteiger partial charge in [0.25, 0.3) is 0 Å². The average Bonchev–Trinajstić information content (AvgIpc) is 3.73. The zero-order valence-electron chi connectivity index (χ0n) is 33.9. The highest BCUT2D eigenvalue weighted by Crippen LogP contribution is 2.46. The van der Waals surface area contributed by atoms with Gasteiger partial charge in [0.2, 0.25) is 0 Å². The topological polar surface area (TPSA) is 16.4 Å². The lowest BCUT2D eigenvalue weighted by Crippen LogP contribution is -2.10. The van der Waals surface area contributed by atoms with Crippen molar-refractivity contribution in [3.05, 3.63) is 237 Å². The van der Waals surface area contributed by atoms with E-state index in [0.717, 1.165) is 55.5 Å². The molecule has 1 heterocycles. The van der Waals surface area contributed by atoms with Gasteiger partial charge in [-0.3, -0.25) is 0 Å². The first-order valence-electron chi connectivity index (χ1n) is 21.2. The number of hydrogen-bond acceptors (Lipinski definition) is 2. The number of anilines is 3. The van der Waals surface area contributed by atoms with E-state index in [2.05, 4.69) is 241 Å². The lowest BCUT2D eigenvalue weighted by atomic mass is 9.84. The fraction of sp³-hybridized carbons (Fsp3) is 0. The van der Waals surface area contributed by atoms with E-state index < -0.39 is 0 Å². The SMILES string of the molecule is c1ccc(-c2cccc(N(c3ccc(-c4ccc5c(c4)c(-c4ccccc4)c(-c4ccccc4)c4ccccc45)cc3)c3ccc4c(c3)oc3c5ccccc5ccc43)c2)cc1. The van der Waals surface area contributed by atoms with Crippen molar-refractivity contribution < 1.29 is 4.42 Å². The molecule has 0 amide bonds. The lowest BCUT2D eigenvalue weighted by Gasteiger charge is -2.26. The second kappa shape index (κ2) is 14.8. The van der Waals surface area contributed by atoms with Crippen LogP contribution in [0.1, 0.15) is 0 Å². The van der Waals surface area contributed by atoms with Gasteiger partial charge < -0.3 is 9.32 Å². The van der Waals surface area contributed by atoms with Crippen LogP contribution in [-0.4, -0.2) is 0 Å². The molecule has 0 spiro atoms. The van der Waals surface area contributed by atoms with Gasteiger partial charge in [0.1, 0.15) is 11.2 Å². The molecule has 12 aromatic rings. The maximum Gasteiger partial charge on any atom is 0.143 e. The van der Waals surface area contributed by atoms with E-state index in [9.17, 15) is 0 Å². The van der Waals surface area contributed by atoms with Crippen LogP contribution in [0, 0.1) is 0 Å². The molecule has 0 bridgehead atoms. The minimum absolute atomic E-state index is 0.863. The molecule has 0 saturated heterocycles. The molecule has 0 atom stereocenters. The molecule has 0 N–H and O–H groups in total. The molecule has 62 heavy (non-hydrogen) atoms. The molecule has 0 aliphatic rings. The van der Waals surface area contributed by atoms with E-state index in [0.29, 0.717) is 0 Å². The molecule has 0 fully saturated rings. The Morgan fingerprint density at radius 2 is 0.758 bits per heavy atom. The molecule has 11 aromatic carbocycles. The maximum absolute atomic E-state index is 6.71. The monoisotopic (exact) mass is 789 g/mol. The molecule has 0 radical (unpaired) electrons. The van der Waals surface area contributed by atoms with Crippen LogP contribution in [0.2, 0.25) is 0 Å². The number of rotatable bonds is 7. The summed E-state index contributed by atoms with van der Waals surface area (Å²) in [5, 5.41) is 9.53. The summed E-state index contributed by atoms with van der Waals surface area (Å²) in [6.07, 6.45) is 0. The van der Waals surface area contributed by atoms with Gasteiger partial charge in [-0.2, -0.15) is 0 Å². The first kappa shape index (κ1) is 35.7. The quantitative estimate of drug-likeness (QED) is 0.150. The molecule has 0 saturated carbocycles. The van der Waals surface area contributed by atoms with Crippen LogP contribution in [0.15, 0.2) is 241 Å². The van der Waals surface area contributed by atoms with Crippen LogP contribution in [0.25, 0.3) is 98.8 Å². The summed E-state index contributed by atoms with van der Waals surface area (Å²) in [5.41, 5.74) is 14.5. The molecule has 12 rings (SSSR count). The predicted octanol–water partition coefficient (Wildman–Crippen LogP) is 17.2. The molecule has 0 aliphatic heterocycles. The van der Waals surface area contributed by atoms with Gasteiger partial charge in [0.05, 0.1) is 0 Å². The van der Waals surface area contributed by atoms with Crippen LogP contribution in [0.5, 0.6) is 0 Å². The van der Waals surface area contributed by atoms with E-state index in [1.54, 1.807) is 0 Å². The molecule has 2 heteroatoms. The Morgan fingerprint density at radius 3 is 1.50 bits per heavy atom. The van der Waals surface area contributed by atoms with E-state index >= 15 is 0 Å². The third-order valence-corrected chi connectivity index (χ3v) is 12.4. The Balaban J connectivity index is 1.02. The Labute approximate surface area is 360 Å². The van der Waals surface area contributed by atoms with Crippen molar-refractivity contribution >= 4 is 71.3 Å².